The fraction of sp³-hybridized carbons (Fsp3) is 0.296. The minimum atomic E-state index is -0.202. The Morgan fingerprint density at radius 3 is 3.03 bits per heavy atom. The summed E-state index contributed by atoms with van der Waals surface area (Å²) in [7, 11) is 0. The molecule has 4 heterocycles. The van der Waals surface area contributed by atoms with Crippen molar-refractivity contribution in [3.63, 3.8) is 0 Å². The number of likely N-dealkylation sites (tertiary alicyclic amines) is 1. The van der Waals surface area contributed by atoms with Gasteiger partial charge in [0.2, 0.25) is 5.91 Å². The molecule has 0 aliphatic carbocycles. The summed E-state index contributed by atoms with van der Waals surface area (Å²) in [5.74, 6) is -0.0525. The van der Waals surface area contributed by atoms with E-state index in [2.05, 4.69) is 47.8 Å². The number of hydrogen-bond acceptors (Lipinski definition) is 5. The molecule has 3 amide bonds. The molecule has 0 bridgehead atoms. The zero-order chi connectivity index (χ0) is 24.5. The van der Waals surface area contributed by atoms with Gasteiger partial charge in [0.1, 0.15) is 4.83 Å². The molecular formula is C27H29N5O2S. The van der Waals surface area contributed by atoms with Crippen LogP contribution in [0, 0.1) is 0 Å². The SMILES string of the molecule is C=CC(=O)N1CCC[C@@H](NC(=C)c2sc3nccc4c3c2NC(=O)N4c2cccc(CCC)c2)C1. The first-order valence-electron chi connectivity index (χ1n) is 12.0. The summed E-state index contributed by atoms with van der Waals surface area (Å²) >= 11 is 1.51. The molecule has 180 valence electrons. The van der Waals surface area contributed by atoms with E-state index in [1.807, 2.05) is 23.1 Å². The first-order valence-corrected chi connectivity index (χ1v) is 12.8. The number of carbonyl (C=O) groups is 2. The Bertz CT molecular complexity index is 1330. The number of urea groups is 1. The van der Waals surface area contributed by atoms with Crippen molar-refractivity contribution in [1.29, 1.82) is 0 Å². The maximum atomic E-state index is 13.4. The van der Waals surface area contributed by atoms with E-state index in [1.165, 1.54) is 23.0 Å². The van der Waals surface area contributed by atoms with E-state index in [-0.39, 0.29) is 18.0 Å². The van der Waals surface area contributed by atoms with Crippen LogP contribution >= 0.6 is 11.3 Å². The standard InChI is InChI=1S/C27H29N5O2S/c1-4-8-18-9-6-11-20(15-18)32-21-12-13-28-26-23(21)24(30-27(32)34)25(35-26)17(3)29-19-10-7-14-31(16-19)22(33)5-2/h5-6,9,11-13,15,19,29H,2-4,7-8,10,14,16H2,1H3,(H,30,34)/t19-/m1/s1. The summed E-state index contributed by atoms with van der Waals surface area (Å²) in [5, 5.41) is 7.52. The quantitative estimate of drug-likeness (QED) is 0.421. The molecule has 3 aromatic rings. The third-order valence-electron chi connectivity index (χ3n) is 6.51. The van der Waals surface area contributed by atoms with Crippen molar-refractivity contribution in [3.8, 4) is 0 Å². The van der Waals surface area contributed by atoms with Gasteiger partial charge in [-0.05, 0) is 49.1 Å². The van der Waals surface area contributed by atoms with Gasteiger partial charge in [0.25, 0.3) is 0 Å². The van der Waals surface area contributed by atoms with Crippen LogP contribution in [0.1, 0.15) is 36.6 Å². The summed E-state index contributed by atoms with van der Waals surface area (Å²) in [4.78, 5) is 35.3. The highest BCUT2D eigenvalue weighted by Crippen LogP contribution is 2.47. The molecule has 0 spiro atoms. The number of rotatable bonds is 7. The third kappa shape index (κ3) is 4.30. The van der Waals surface area contributed by atoms with Gasteiger partial charge in [-0.15, -0.1) is 11.3 Å². The van der Waals surface area contributed by atoms with Gasteiger partial charge in [-0.2, -0.15) is 0 Å². The molecule has 2 aromatic heterocycles. The minimum Gasteiger partial charge on any atom is -0.380 e. The first-order chi connectivity index (χ1) is 17.0. The lowest BCUT2D eigenvalue weighted by Gasteiger charge is -2.33. The second kappa shape index (κ2) is 9.54. The number of nitrogens with zero attached hydrogens (tertiary/aromatic N) is 3. The first kappa shape index (κ1) is 23.1. The number of piperidine rings is 1. The normalized spacial score (nSPS) is 17.3. The molecule has 1 saturated heterocycles. The van der Waals surface area contributed by atoms with Crippen molar-refractivity contribution in [2.45, 2.75) is 38.6 Å². The number of amides is 3. The Balaban J connectivity index is 1.47. The second-order valence-electron chi connectivity index (χ2n) is 8.95. The van der Waals surface area contributed by atoms with Crippen LogP contribution in [0.2, 0.25) is 0 Å². The molecule has 7 nitrogen and oxygen atoms in total. The van der Waals surface area contributed by atoms with Gasteiger partial charge in [0, 0.05) is 31.0 Å². The van der Waals surface area contributed by atoms with Gasteiger partial charge in [-0.3, -0.25) is 9.69 Å². The topological polar surface area (TPSA) is 77.6 Å². The van der Waals surface area contributed by atoms with Crippen LogP contribution in [-0.4, -0.2) is 41.0 Å². The molecule has 2 N–H and O–H groups in total. The predicted octanol–water partition coefficient (Wildman–Crippen LogP) is 5.67. The number of aromatic nitrogens is 1. The third-order valence-corrected chi connectivity index (χ3v) is 7.67. The predicted molar refractivity (Wildman–Crippen MR) is 143 cm³/mol. The second-order valence-corrected chi connectivity index (χ2v) is 9.95. The molecule has 2 aliphatic heterocycles. The van der Waals surface area contributed by atoms with E-state index < -0.39 is 0 Å². The molecule has 0 unspecified atom stereocenters. The molecule has 2 aliphatic rings. The molecule has 0 saturated carbocycles. The Hall–Kier alpha value is -3.65. The van der Waals surface area contributed by atoms with Crippen LogP contribution in [0.25, 0.3) is 15.9 Å². The van der Waals surface area contributed by atoms with Crippen molar-refractivity contribution in [3.05, 3.63) is 66.2 Å². The van der Waals surface area contributed by atoms with Crippen LogP contribution in [0.4, 0.5) is 21.9 Å². The van der Waals surface area contributed by atoms with Crippen LogP contribution in [0.5, 0.6) is 0 Å². The largest absolute Gasteiger partial charge is 0.380 e. The van der Waals surface area contributed by atoms with E-state index in [0.717, 1.165) is 70.1 Å². The zero-order valence-corrected chi connectivity index (χ0v) is 20.7. The molecule has 8 heteroatoms. The van der Waals surface area contributed by atoms with Crippen molar-refractivity contribution in [2.24, 2.45) is 0 Å². The number of aryl methyl sites for hydroxylation is 1. The molecule has 5 rings (SSSR count). The lowest BCUT2D eigenvalue weighted by molar-refractivity contribution is -0.127. The van der Waals surface area contributed by atoms with Crippen LogP contribution < -0.4 is 15.5 Å². The average molecular weight is 488 g/mol. The zero-order valence-electron chi connectivity index (χ0n) is 19.8. The lowest BCUT2D eigenvalue weighted by atomic mass is 10.0. The molecule has 0 radical (unpaired) electrons. The van der Waals surface area contributed by atoms with Gasteiger partial charge in [-0.1, -0.05) is 38.6 Å². The number of pyridine rings is 1. The molecular weight excluding hydrogens is 458 g/mol. The highest BCUT2D eigenvalue weighted by atomic mass is 32.1. The average Bonchev–Trinajstić information content (AvgIpc) is 3.24. The maximum Gasteiger partial charge on any atom is 0.331 e. The molecule has 1 atom stereocenters. The van der Waals surface area contributed by atoms with E-state index in [0.29, 0.717) is 6.54 Å². The summed E-state index contributed by atoms with van der Waals surface area (Å²) in [6, 6.07) is 9.90. The number of nitrogens with one attached hydrogen (secondary N) is 2. The number of anilines is 3. The monoisotopic (exact) mass is 487 g/mol. The highest BCUT2D eigenvalue weighted by Gasteiger charge is 2.32. The number of benzene rings is 1. The van der Waals surface area contributed by atoms with E-state index >= 15 is 0 Å². The minimum absolute atomic E-state index is 0.0525. The smallest absolute Gasteiger partial charge is 0.331 e. The van der Waals surface area contributed by atoms with Gasteiger partial charge >= 0.3 is 6.03 Å². The number of carbonyl (C=O) groups excluding carboxylic acids is 2. The summed E-state index contributed by atoms with van der Waals surface area (Å²) in [6.07, 6.45) is 6.98. The van der Waals surface area contributed by atoms with Gasteiger partial charge in [0.05, 0.1) is 27.3 Å². The van der Waals surface area contributed by atoms with Crippen molar-refractivity contribution >= 4 is 56.3 Å². The van der Waals surface area contributed by atoms with Crippen LogP contribution in [-0.2, 0) is 11.2 Å². The molecule has 1 fully saturated rings. The molecule has 35 heavy (non-hydrogen) atoms. The Morgan fingerprint density at radius 1 is 1.37 bits per heavy atom. The number of thiophene rings is 1. The summed E-state index contributed by atoms with van der Waals surface area (Å²) in [6.45, 7) is 11.4. The lowest BCUT2D eigenvalue weighted by Crippen LogP contribution is -2.46. The summed E-state index contributed by atoms with van der Waals surface area (Å²) < 4.78 is 0. The van der Waals surface area contributed by atoms with Crippen molar-refractivity contribution in [2.75, 3.05) is 23.3 Å². The van der Waals surface area contributed by atoms with Crippen LogP contribution in [0.15, 0.2) is 55.8 Å². The van der Waals surface area contributed by atoms with Crippen molar-refractivity contribution < 1.29 is 9.59 Å². The maximum absolute atomic E-state index is 13.4. The van der Waals surface area contributed by atoms with Gasteiger partial charge < -0.3 is 15.5 Å². The van der Waals surface area contributed by atoms with Crippen molar-refractivity contribution in [1.82, 2.24) is 15.2 Å². The highest BCUT2D eigenvalue weighted by molar-refractivity contribution is 7.20. The van der Waals surface area contributed by atoms with Gasteiger partial charge in [-0.25, -0.2) is 9.78 Å². The van der Waals surface area contributed by atoms with E-state index in [9.17, 15) is 9.59 Å². The Labute approximate surface area is 209 Å². The van der Waals surface area contributed by atoms with E-state index in [1.54, 1.807) is 11.1 Å². The van der Waals surface area contributed by atoms with Gasteiger partial charge in [0.15, 0.2) is 0 Å². The fourth-order valence-corrected chi connectivity index (χ4v) is 5.98. The van der Waals surface area contributed by atoms with Crippen LogP contribution in [0.3, 0.4) is 0 Å². The fourth-order valence-electron chi connectivity index (χ4n) is 4.93. The van der Waals surface area contributed by atoms with E-state index in [4.69, 9.17) is 0 Å². The Morgan fingerprint density at radius 2 is 2.23 bits per heavy atom. The summed E-state index contributed by atoms with van der Waals surface area (Å²) in [5.41, 5.74) is 4.33. The number of hydrogen-bond donors (Lipinski definition) is 2. The Kier molecular flexibility index (Phi) is 6.30. The molecule has 1 aromatic carbocycles.